The van der Waals surface area contributed by atoms with E-state index in [1.807, 2.05) is 0 Å². The SMILES string of the molecule is Cc1ccc2c3c(ccc2c1C)C1(c2ccccc2-c2cc4ccccc4cc21)c1ccc2c(C)c(C)ccc2c1O3. The van der Waals surface area contributed by atoms with Gasteiger partial charge in [-0.25, -0.2) is 0 Å². The Balaban J connectivity index is 1.53. The van der Waals surface area contributed by atoms with Crippen molar-refractivity contribution in [3.05, 3.63) is 154 Å². The van der Waals surface area contributed by atoms with Crippen molar-refractivity contribution >= 4 is 32.3 Å². The van der Waals surface area contributed by atoms with Crippen LogP contribution < -0.4 is 4.74 Å². The van der Waals surface area contributed by atoms with E-state index in [0.717, 1.165) is 11.5 Å². The number of hydrogen-bond acceptors (Lipinski definition) is 1. The van der Waals surface area contributed by atoms with Crippen LogP contribution in [0.3, 0.4) is 0 Å². The largest absolute Gasteiger partial charge is 0.455 e. The molecule has 0 aromatic heterocycles. The van der Waals surface area contributed by atoms with Crippen LogP contribution in [0, 0.1) is 27.7 Å². The molecule has 1 aliphatic heterocycles. The molecule has 0 amide bonds. The smallest absolute Gasteiger partial charge is 0.140 e. The van der Waals surface area contributed by atoms with E-state index in [-0.39, 0.29) is 0 Å². The van der Waals surface area contributed by atoms with Gasteiger partial charge in [0.2, 0.25) is 0 Å². The van der Waals surface area contributed by atoms with Crippen LogP contribution >= 0.6 is 0 Å². The predicted molar refractivity (Wildman–Crippen MR) is 175 cm³/mol. The van der Waals surface area contributed by atoms with Gasteiger partial charge in [-0.05, 0) is 106 Å². The van der Waals surface area contributed by atoms with Crippen molar-refractivity contribution in [3.63, 3.8) is 0 Å². The van der Waals surface area contributed by atoms with E-state index in [4.69, 9.17) is 4.74 Å². The first kappa shape index (κ1) is 23.8. The van der Waals surface area contributed by atoms with Crippen molar-refractivity contribution < 1.29 is 4.74 Å². The van der Waals surface area contributed by atoms with Crippen LogP contribution in [0.1, 0.15) is 44.5 Å². The van der Waals surface area contributed by atoms with E-state index in [9.17, 15) is 0 Å². The van der Waals surface area contributed by atoms with Crippen LogP contribution in [-0.2, 0) is 5.41 Å². The number of hydrogen-bond donors (Lipinski definition) is 0. The van der Waals surface area contributed by atoms with Crippen molar-refractivity contribution in [2.24, 2.45) is 0 Å². The van der Waals surface area contributed by atoms with Crippen molar-refractivity contribution in [2.75, 3.05) is 0 Å². The summed E-state index contributed by atoms with van der Waals surface area (Å²) in [5.74, 6) is 1.95. The predicted octanol–water partition coefficient (Wildman–Crippen LogP) is 10.8. The molecule has 0 saturated heterocycles. The van der Waals surface area contributed by atoms with Gasteiger partial charge in [-0.3, -0.25) is 0 Å². The van der Waals surface area contributed by atoms with Gasteiger partial charge < -0.3 is 4.74 Å². The van der Waals surface area contributed by atoms with Gasteiger partial charge in [-0.2, -0.15) is 0 Å². The van der Waals surface area contributed by atoms with E-state index >= 15 is 0 Å². The van der Waals surface area contributed by atoms with Crippen LogP contribution in [0.15, 0.2) is 109 Å². The Labute approximate surface area is 246 Å². The summed E-state index contributed by atoms with van der Waals surface area (Å²) in [4.78, 5) is 0. The summed E-state index contributed by atoms with van der Waals surface area (Å²) in [6.07, 6.45) is 0. The number of aryl methyl sites for hydroxylation is 4. The van der Waals surface area contributed by atoms with E-state index < -0.39 is 5.41 Å². The molecule has 0 N–H and O–H groups in total. The van der Waals surface area contributed by atoms with Gasteiger partial charge in [0.05, 0.1) is 5.41 Å². The molecular weight excluding hydrogens is 508 g/mol. The first-order valence-electron chi connectivity index (χ1n) is 14.9. The van der Waals surface area contributed by atoms with Crippen molar-refractivity contribution in [2.45, 2.75) is 33.1 Å². The Morgan fingerprint density at radius 3 is 1.57 bits per heavy atom. The van der Waals surface area contributed by atoms with E-state index in [1.54, 1.807) is 0 Å². The molecular formula is C41H30O. The third-order valence-electron chi connectivity index (χ3n) is 10.3. The molecule has 0 unspecified atom stereocenters. The summed E-state index contributed by atoms with van der Waals surface area (Å²) in [5, 5.41) is 7.39. The molecule has 1 aliphatic carbocycles. The lowest BCUT2D eigenvalue weighted by atomic mass is 9.65. The van der Waals surface area contributed by atoms with Crippen LogP contribution in [0.5, 0.6) is 11.5 Å². The lowest BCUT2D eigenvalue weighted by Crippen LogP contribution is -2.32. The second kappa shape index (κ2) is 8.11. The molecule has 1 spiro atoms. The minimum Gasteiger partial charge on any atom is -0.455 e. The number of benzene rings is 7. The fourth-order valence-electron chi connectivity index (χ4n) is 7.88. The minimum absolute atomic E-state index is 0.501. The zero-order chi connectivity index (χ0) is 28.3. The number of fused-ring (bicyclic) bond motifs is 14. The summed E-state index contributed by atoms with van der Waals surface area (Å²) in [7, 11) is 0. The standard InChI is InChI=1S/C41H30O/c1-23-13-15-32-29(25(23)3)17-19-36-39(32)42-40-33-16-14-24(2)26(4)30(33)18-20-37(40)41(36)35-12-8-7-11-31(35)34-21-27-9-5-6-10-28(27)22-38(34)41/h5-22H,1-4H3. The molecule has 9 rings (SSSR count). The quantitative estimate of drug-likeness (QED) is 0.187. The highest BCUT2D eigenvalue weighted by molar-refractivity contribution is 6.03. The Morgan fingerprint density at radius 1 is 0.429 bits per heavy atom. The number of rotatable bonds is 0. The molecule has 2 aliphatic rings. The molecule has 1 heteroatoms. The van der Waals surface area contributed by atoms with E-state index in [2.05, 4.69) is 137 Å². The molecule has 0 saturated carbocycles. The lowest BCUT2D eigenvalue weighted by molar-refractivity contribution is 0.447. The Bertz CT molecular complexity index is 2220. The molecule has 7 aromatic rings. The summed E-state index contributed by atoms with van der Waals surface area (Å²) in [6.45, 7) is 8.84. The fourth-order valence-corrected chi connectivity index (χ4v) is 7.88. The van der Waals surface area contributed by atoms with Crippen LogP contribution in [0.4, 0.5) is 0 Å². The molecule has 42 heavy (non-hydrogen) atoms. The van der Waals surface area contributed by atoms with E-state index in [0.29, 0.717) is 0 Å². The monoisotopic (exact) mass is 538 g/mol. The van der Waals surface area contributed by atoms with Gasteiger partial charge in [-0.1, -0.05) is 97.1 Å². The third-order valence-corrected chi connectivity index (χ3v) is 10.3. The highest BCUT2D eigenvalue weighted by Gasteiger charge is 2.52. The lowest BCUT2D eigenvalue weighted by Gasteiger charge is -2.40. The maximum atomic E-state index is 7.20. The van der Waals surface area contributed by atoms with Gasteiger partial charge in [0.25, 0.3) is 0 Å². The molecule has 1 nitrogen and oxygen atoms in total. The fraction of sp³-hybridized carbons (Fsp3) is 0.122. The third kappa shape index (κ3) is 2.79. The van der Waals surface area contributed by atoms with Crippen molar-refractivity contribution in [1.82, 2.24) is 0 Å². The zero-order valence-electron chi connectivity index (χ0n) is 24.3. The topological polar surface area (TPSA) is 9.23 Å². The second-order valence-corrected chi connectivity index (χ2v) is 12.2. The average molecular weight is 539 g/mol. The van der Waals surface area contributed by atoms with Crippen molar-refractivity contribution in [1.29, 1.82) is 0 Å². The summed E-state index contributed by atoms with van der Waals surface area (Å²) in [5.41, 5.74) is 12.4. The maximum absolute atomic E-state index is 7.20. The van der Waals surface area contributed by atoms with Crippen LogP contribution in [0.25, 0.3) is 43.4 Å². The summed E-state index contributed by atoms with van der Waals surface area (Å²) >= 11 is 0. The van der Waals surface area contributed by atoms with Gasteiger partial charge in [0.15, 0.2) is 0 Å². The number of ether oxygens (including phenoxy) is 1. The highest BCUT2D eigenvalue weighted by atomic mass is 16.5. The summed E-state index contributed by atoms with van der Waals surface area (Å²) < 4.78 is 7.20. The maximum Gasteiger partial charge on any atom is 0.140 e. The summed E-state index contributed by atoms with van der Waals surface area (Å²) in [6, 6.07) is 41.0. The highest BCUT2D eigenvalue weighted by Crippen LogP contribution is 2.64. The average Bonchev–Trinajstić information content (AvgIpc) is 3.29. The van der Waals surface area contributed by atoms with Gasteiger partial charge in [-0.15, -0.1) is 0 Å². The first-order chi connectivity index (χ1) is 20.5. The van der Waals surface area contributed by atoms with Crippen molar-refractivity contribution in [3.8, 4) is 22.6 Å². The molecule has 0 fully saturated rings. The molecule has 1 heterocycles. The Kier molecular flexibility index (Phi) is 4.59. The molecule has 0 bridgehead atoms. The molecule has 200 valence electrons. The zero-order valence-corrected chi connectivity index (χ0v) is 24.3. The minimum atomic E-state index is -0.501. The molecule has 0 radical (unpaired) electrons. The van der Waals surface area contributed by atoms with E-state index in [1.165, 1.54) is 88.0 Å². The second-order valence-electron chi connectivity index (χ2n) is 12.2. The van der Waals surface area contributed by atoms with Gasteiger partial charge in [0.1, 0.15) is 11.5 Å². The normalized spacial score (nSPS) is 14.1. The van der Waals surface area contributed by atoms with Crippen LogP contribution in [-0.4, -0.2) is 0 Å². The van der Waals surface area contributed by atoms with Gasteiger partial charge >= 0.3 is 0 Å². The van der Waals surface area contributed by atoms with Crippen LogP contribution in [0.2, 0.25) is 0 Å². The molecule has 7 aromatic carbocycles. The Hall–Kier alpha value is -4.88. The van der Waals surface area contributed by atoms with Gasteiger partial charge in [0, 0.05) is 21.9 Å². The first-order valence-corrected chi connectivity index (χ1v) is 14.9. The molecule has 0 atom stereocenters. The Morgan fingerprint density at radius 2 is 0.952 bits per heavy atom.